The van der Waals surface area contributed by atoms with Crippen LogP contribution in [-0.4, -0.2) is 36.8 Å². The molecule has 0 saturated heterocycles. The van der Waals surface area contributed by atoms with Gasteiger partial charge in [-0.15, -0.1) is 0 Å². The van der Waals surface area contributed by atoms with Crippen molar-refractivity contribution in [3.05, 3.63) is 35.7 Å². The van der Waals surface area contributed by atoms with Crippen LogP contribution in [0.3, 0.4) is 0 Å². The molecule has 0 unspecified atom stereocenters. The Kier molecular flexibility index (Phi) is 4.74. The van der Waals surface area contributed by atoms with Crippen LogP contribution >= 0.6 is 0 Å². The molecular weight excluding hydrogens is 304 g/mol. The summed E-state index contributed by atoms with van der Waals surface area (Å²) in [5.41, 5.74) is 2.55. The molecular formula is C18H24N4O2. The van der Waals surface area contributed by atoms with E-state index in [-0.39, 0.29) is 0 Å². The van der Waals surface area contributed by atoms with E-state index in [1.807, 2.05) is 6.07 Å². The predicted molar refractivity (Wildman–Crippen MR) is 95.1 cm³/mol. The van der Waals surface area contributed by atoms with Gasteiger partial charge in [0.25, 0.3) is 0 Å². The molecule has 0 amide bonds. The van der Waals surface area contributed by atoms with Crippen LogP contribution in [0.1, 0.15) is 25.0 Å². The van der Waals surface area contributed by atoms with Gasteiger partial charge in [0.15, 0.2) is 11.5 Å². The Balaban J connectivity index is 1.84. The van der Waals surface area contributed by atoms with Crippen molar-refractivity contribution in [2.45, 2.75) is 32.9 Å². The fourth-order valence-corrected chi connectivity index (χ4v) is 2.97. The van der Waals surface area contributed by atoms with Crippen molar-refractivity contribution in [3.8, 4) is 11.5 Å². The SMILES string of the molecule is COc1cc2c(cc1OC)CN(c1cc(NC(C)C)ncn1)CC2. The fourth-order valence-electron chi connectivity index (χ4n) is 2.97. The van der Waals surface area contributed by atoms with E-state index in [9.17, 15) is 0 Å². The smallest absolute Gasteiger partial charge is 0.161 e. The first-order chi connectivity index (χ1) is 11.6. The summed E-state index contributed by atoms with van der Waals surface area (Å²) in [5, 5.41) is 3.32. The average Bonchev–Trinajstić information content (AvgIpc) is 2.59. The summed E-state index contributed by atoms with van der Waals surface area (Å²) in [7, 11) is 3.34. The number of benzene rings is 1. The molecule has 1 N–H and O–H groups in total. The summed E-state index contributed by atoms with van der Waals surface area (Å²) < 4.78 is 10.8. The number of nitrogens with one attached hydrogen (secondary N) is 1. The summed E-state index contributed by atoms with van der Waals surface area (Å²) >= 11 is 0. The van der Waals surface area contributed by atoms with Gasteiger partial charge in [-0.1, -0.05) is 0 Å². The quantitative estimate of drug-likeness (QED) is 0.911. The normalized spacial score (nSPS) is 13.6. The highest BCUT2D eigenvalue weighted by Crippen LogP contribution is 2.34. The van der Waals surface area contributed by atoms with E-state index < -0.39 is 0 Å². The molecule has 3 rings (SSSR count). The minimum absolute atomic E-state index is 0.339. The van der Waals surface area contributed by atoms with E-state index in [1.165, 1.54) is 11.1 Å². The second kappa shape index (κ2) is 6.95. The van der Waals surface area contributed by atoms with Crippen molar-refractivity contribution in [1.82, 2.24) is 9.97 Å². The number of hydrogen-bond donors (Lipinski definition) is 1. The van der Waals surface area contributed by atoms with E-state index >= 15 is 0 Å². The molecule has 0 aliphatic carbocycles. The van der Waals surface area contributed by atoms with Crippen LogP contribution in [0.4, 0.5) is 11.6 Å². The Morgan fingerprint density at radius 2 is 1.75 bits per heavy atom. The molecule has 2 aromatic rings. The van der Waals surface area contributed by atoms with Gasteiger partial charge in [-0.05, 0) is 43.5 Å². The maximum Gasteiger partial charge on any atom is 0.161 e. The molecule has 2 heterocycles. The van der Waals surface area contributed by atoms with Gasteiger partial charge in [0.05, 0.1) is 14.2 Å². The zero-order valence-corrected chi connectivity index (χ0v) is 14.7. The van der Waals surface area contributed by atoms with Crippen LogP contribution in [0.5, 0.6) is 11.5 Å². The minimum Gasteiger partial charge on any atom is -0.493 e. The number of nitrogens with zero attached hydrogens (tertiary/aromatic N) is 3. The summed E-state index contributed by atoms with van der Waals surface area (Å²) in [6.07, 6.45) is 2.57. The predicted octanol–water partition coefficient (Wildman–Crippen LogP) is 2.88. The van der Waals surface area contributed by atoms with Gasteiger partial charge >= 0.3 is 0 Å². The van der Waals surface area contributed by atoms with E-state index in [0.717, 1.165) is 42.6 Å². The fraction of sp³-hybridized carbons (Fsp3) is 0.444. The highest BCUT2D eigenvalue weighted by molar-refractivity contribution is 5.54. The molecule has 24 heavy (non-hydrogen) atoms. The minimum atomic E-state index is 0.339. The Hall–Kier alpha value is -2.50. The van der Waals surface area contributed by atoms with Crippen LogP contribution in [0.25, 0.3) is 0 Å². The first-order valence-corrected chi connectivity index (χ1v) is 8.18. The number of ether oxygens (including phenoxy) is 2. The summed E-state index contributed by atoms with van der Waals surface area (Å²) in [4.78, 5) is 11.0. The third kappa shape index (κ3) is 3.37. The lowest BCUT2D eigenvalue weighted by Crippen LogP contribution is -2.31. The Morgan fingerprint density at radius 3 is 2.42 bits per heavy atom. The Morgan fingerprint density at radius 1 is 1.04 bits per heavy atom. The van der Waals surface area contributed by atoms with Crippen molar-refractivity contribution in [3.63, 3.8) is 0 Å². The first kappa shape index (κ1) is 16.4. The molecule has 1 aliphatic heterocycles. The molecule has 0 bridgehead atoms. The van der Waals surface area contributed by atoms with Gasteiger partial charge in [0, 0.05) is 25.2 Å². The van der Waals surface area contributed by atoms with Crippen molar-refractivity contribution < 1.29 is 9.47 Å². The first-order valence-electron chi connectivity index (χ1n) is 8.18. The molecule has 1 aromatic heterocycles. The number of anilines is 2. The zero-order valence-electron chi connectivity index (χ0n) is 14.7. The third-order valence-corrected chi connectivity index (χ3v) is 4.13. The van der Waals surface area contributed by atoms with Gasteiger partial charge in [-0.2, -0.15) is 0 Å². The van der Waals surface area contributed by atoms with Crippen molar-refractivity contribution in [2.75, 3.05) is 31.0 Å². The number of hydrogen-bond acceptors (Lipinski definition) is 6. The van der Waals surface area contributed by atoms with Crippen LogP contribution in [0.2, 0.25) is 0 Å². The Bertz CT molecular complexity index is 718. The second-order valence-electron chi connectivity index (χ2n) is 6.21. The molecule has 128 valence electrons. The lowest BCUT2D eigenvalue weighted by atomic mass is 9.99. The largest absolute Gasteiger partial charge is 0.493 e. The number of rotatable bonds is 5. The summed E-state index contributed by atoms with van der Waals surface area (Å²) in [6.45, 7) is 5.91. The molecule has 0 saturated carbocycles. The zero-order chi connectivity index (χ0) is 17.1. The highest BCUT2D eigenvalue weighted by Gasteiger charge is 2.20. The molecule has 0 radical (unpaired) electrons. The van der Waals surface area contributed by atoms with Gasteiger partial charge in [0.2, 0.25) is 0 Å². The topological polar surface area (TPSA) is 59.5 Å². The molecule has 6 nitrogen and oxygen atoms in total. The Labute approximate surface area is 142 Å². The van der Waals surface area contributed by atoms with Crippen LogP contribution in [0, 0.1) is 0 Å². The molecule has 0 spiro atoms. The van der Waals surface area contributed by atoms with Gasteiger partial charge in [-0.3, -0.25) is 0 Å². The van der Waals surface area contributed by atoms with Crippen LogP contribution < -0.4 is 19.7 Å². The van der Waals surface area contributed by atoms with Gasteiger partial charge in [-0.25, -0.2) is 9.97 Å². The number of methoxy groups -OCH3 is 2. The lowest BCUT2D eigenvalue weighted by Gasteiger charge is -2.30. The summed E-state index contributed by atoms with van der Waals surface area (Å²) in [6, 6.07) is 6.49. The van der Waals surface area contributed by atoms with E-state index in [4.69, 9.17) is 9.47 Å². The molecule has 0 atom stereocenters. The van der Waals surface area contributed by atoms with Crippen molar-refractivity contribution >= 4 is 11.6 Å². The van der Waals surface area contributed by atoms with E-state index in [0.29, 0.717) is 6.04 Å². The number of fused-ring (bicyclic) bond motifs is 1. The monoisotopic (exact) mass is 328 g/mol. The average molecular weight is 328 g/mol. The number of aromatic nitrogens is 2. The molecule has 1 aromatic carbocycles. The standard InChI is InChI=1S/C18H24N4O2/c1-12(2)21-17-9-18(20-11-19-17)22-6-5-13-7-15(23-3)16(24-4)8-14(13)10-22/h7-9,11-12H,5-6,10H2,1-4H3,(H,19,20,21). The van der Waals surface area contributed by atoms with E-state index in [2.05, 4.69) is 46.2 Å². The summed E-state index contributed by atoms with van der Waals surface area (Å²) in [5.74, 6) is 3.35. The van der Waals surface area contributed by atoms with Crippen LogP contribution in [0.15, 0.2) is 24.5 Å². The third-order valence-electron chi connectivity index (χ3n) is 4.13. The molecule has 6 heteroatoms. The van der Waals surface area contributed by atoms with E-state index in [1.54, 1.807) is 20.5 Å². The van der Waals surface area contributed by atoms with Crippen LogP contribution in [-0.2, 0) is 13.0 Å². The second-order valence-corrected chi connectivity index (χ2v) is 6.21. The lowest BCUT2D eigenvalue weighted by molar-refractivity contribution is 0.353. The van der Waals surface area contributed by atoms with Gasteiger partial charge in [0.1, 0.15) is 18.0 Å². The molecule has 1 aliphatic rings. The maximum absolute atomic E-state index is 5.43. The molecule has 0 fully saturated rings. The maximum atomic E-state index is 5.43. The van der Waals surface area contributed by atoms with Gasteiger partial charge < -0.3 is 19.7 Å². The van der Waals surface area contributed by atoms with Crippen molar-refractivity contribution in [2.24, 2.45) is 0 Å². The highest BCUT2D eigenvalue weighted by atomic mass is 16.5. The van der Waals surface area contributed by atoms with Crippen molar-refractivity contribution in [1.29, 1.82) is 0 Å².